The SMILES string of the molecule is Cc1ccccc1C(=O)C1CCCC(S(C)(=O)=O)C1. The zero-order valence-electron chi connectivity index (χ0n) is 11.4. The fraction of sp³-hybridized carbons (Fsp3) is 0.533. The van der Waals surface area contributed by atoms with Gasteiger partial charge in [0.05, 0.1) is 5.25 Å². The lowest BCUT2D eigenvalue weighted by Crippen LogP contribution is -2.31. The Labute approximate surface area is 114 Å². The quantitative estimate of drug-likeness (QED) is 0.800. The maximum atomic E-state index is 12.5. The zero-order valence-corrected chi connectivity index (χ0v) is 12.2. The van der Waals surface area contributed by atoms with E-state index < -0.39 is 9.84 Å². The predicted molar refractivity (Wildman–Crippen MR) is 76.1 cm³/mol. The van der Waals surface area contributed by atoms with E-state index in [-0.39, 0.29) is 17.0 Å². The Kier molecular flexibility index (Phi) is 4.09. The van der Waals surface area contributed by atoms with Gasteiger partial charge in [-0.3, -0.25) is 4.79 Å². The van der Waals surface area contributed by atoms with E-state index in [1.807, 2.05) is 31.2 Å². The highest BCUT2D eigenvalue weighted by atomic mass is 32.2. The maximum absolute atomic E-state index is 12.5. The Morgan fingerprint density at radius 1 is 1.21 bits per heavy atom. The van der Waals surface area contributed by atoms with Crippen LogP contribution in [0.2, 0.25) is 0 Å². The summed E-state index contributed by atoms with van der Waals surface area (Å²) in [5.74, 6) is -0.0407. The van der Waals surface area contributed by atoms with Gasteiger partial charge in [-0.2, -0.15) is 0 Å². The summed E-state index contributed by atoms with van der Waals surface area (Å²) in [4.78, 5) is 12.5. The average molecular weight is 280 g/mol. The molecule has 2 atom stereocenters. The van der Waals surface area contributed by atoms with E-state index >= 15 is 0 Å². The molecule has 1 aliphatic carbocycles. The molecule has 1 saturated carbocycles. The van der Waals surface area contributed by atoms with Gasteiger partial charge in [-0.25, -0.2) is 8.42 Å². The summed E-state index contributed by atoms with van der Waals surface area (Å²) in [6.07, 6.45) is 4.07. The van der Waals surface area contributed by atoms with Gasteiger partial charge in [0.1, 0.15) is 9.84 Å². The minimum Gasteiger partial charge on any atom is -0.294 e. The molecule has 1 aromatic rings. The van der Waals surface area contributed by atoms with Crippen LogP contribution in [0.25, 0.3) is 0 Å². The molecular formula is C15H20O3S. The van der Waals surface area contributed by atoms with Crippen LogP contribution in [0.5, 0.6) is 0 Å². The third kappa shape index (κ3) is 3.24. The first-order valence-electron chi connectivity index (χ1n) is 6.68. The monoisotopic (exact) mass is 280 g/mol. The van der Waals surface area contributed by atoms with Crippen LogP contribution in [0.1, 0.15) is 41.6 Å². The number of aryl methyl sites for hydroxylation is 1. The van der Waals surface area contributed by atoms with Crippen LogP contribution in [0.15, 0.2) is 24.3 Å². The molecule has 104 valence electrons. The Bertz CT molecular complexity index is 575. The lowest BCUT2D eigenvalue weighted by molar-refractivity contribution is 0.0890. The fourth-order valence-corrected chi connectivity index (χ4v) is 4.02. The Morgan fingerprint density at radius 2 is 1.89 bits per heavy atom. The number of rotatable bonds is 3. The third-order valence-corrected chi connectivity index (χ3v) is 5.65. The van der Waals surface area contributed by atoms with Gasteiger partial charge in [0, 0.05) is 17.7 Å². The summed E-state index contributed by atoms with van der Waals surface area (Å²) < 4.78 is 23.3. The summed E-state index contributed by atoms with van der Waals surface area (Å²) in [7, 11) is -3.04. The van der Waals surface area contributed by atoms with E-state index in [1.165, 1.54) is 6.26 Å². The van der Waals surface area contributed by atoms with Crippen molar-refractivity contribution in [3.8, 4) is 0 Å². The molecule has 0 heterocycles. The second kappa shape index (κ2) is 5.45. The summed E-state index contributed by atoms with van der Waals surface area (Å²) in [5.41, 5.74) is 1.70. The molecule has 19 heavy (non-hydrogen) atoms. The molecule has 0 N–H and O–H groups in total. The van der Waals surface area contributed by atoms with Crippen molar-refractivity contribution in [1.82, 2.24) is 0 Å². The Morgan fingerprint density at radius 3 is 2.53 bits per heavy atom. The molecule has 0 spiro atoms. The first kappa shape index (κ1) is 14.3. The highest BCUT2D eigenvalue weighted by molar-refractivity contribution is 7.91. The van der Waals surface area contributed by atoms with Gasteiger partial charge in [-0.1, -0.05) is 30.7 Å². The number of hydrogen-bond donors (Lipinski definition) is 0. The summed E-state index contributed by atoms with van der Waals surface area (Å²) in [5, 5.41) is -0.348. The topological polar surface area (TPSA) is 51.2 Å². The Hall–Kier alpha value is -1.16. The van der Waals surface area contributed by atoms with Crippen molar-refractivity contribution in [2.24, 2.45) is 5.92 Å². The molecule has 0 aliphatic heterocycles. The lowest BCUT2D eigenvalue weighted by Gasteiger charge is -2.27. The van der Waals surface area contributed by atoms with E-state index in [2.05, 4.69) is 0 Å². The van der Waals surface area contributed by atoms with Crippen molar-refractivity contribution in [2.45, 2.75) is 37.9 Å². The molecular weight excluding hydrogens is 260 g/mol. The molecule has 0 aromatic heterocycles. The number of carbonyl (C=O) groups excluding carboxylic acids is 1. The first-order valence-corrected chi connectivity index (χ1v) is 8.63. The third-order valence-electron chi connectivity index (χ3n) is 4.01. The second-order valence-electron chi connectivity index (χ2n) is 5.49. The number of benzene rings is 1. The fourth-order valence-electron chi connectivity index (χ4n) is 2.84. The first-order chi connectivity index (χ1) is 8.89. The molecule has 2 rings (SSSR count). The van der Waals surface area contributed by atoms with Crippen LogP contribution in [0, 0.1) is 12.8 Å². The minimum atomic E-state index is -3.04. The van der Waals surface area contributed by atoms with E-state index in [9.17, 15) is 13.2 Å². The molecule has 1 aliphatic rings. The summed E-state index contributed by atoms with van der Waals surface area (Å²) in [6, 6.07) is 7.52. The van der Waals surface area contributed by atoms with Crippen LogP contribution in [-0.4, -0.2) is 25.7 Å². The Balaban J connectivity index is 2.19. The maximum Gasteiger partial charge on any atom is 0.166 e. The number of sulfone groups is 1. The van der Waals surface area contributed by atoms with Crippen molar-refractivity contribution in [3.05, 3.63) is 35.4 Å². The number of Topliss-reactive ketones (excluding diaryl/α,β-unsaturated/α-hetero) is 1. The van der Waals surface area contributed by atoms with Crippen molar-refractivity contribution in [3.63, 3.8) is 0 Å². The average Bonchev–Trinajstić information content (AvgIpc) is 2.38. The number of hydrogen-bond acceptors (Lipinski definition) is 3. The highest BCUT2D eigenvalue weighted by Crippen LogP contribution is 2.31. The normalized spacial score (nSPS) is 24.1. The number of carbonyl (C=O) groups is 1. The van der Waals surface area contributed by atoms with Gasteiger partial charge in [0.25, 0.3) is 0 Å². The molecule has 4 heteroatoms. The van der Waals surface area contributed by atoms with E-state index in [1.54, 1.807) is 0 Å². The van der Waals surface area contributed by atoms with Gasteiger partial charge in [0.15, 0.2) is 5.78 Å². The lowest BCUT2D eigenvalue weighted by atomic mass is 9.82. The van der Waals surface area contributed by atoms with Crippen molar-refractivity contribution in [1.29, 1.82) is 0 Å². The van der Waals surface area contributed by atoms with Crippen LogP contribution in [0.3, 0.4) is 0 Å². The molecule has 0 saturated heterocycles. The molecule has 0 bridgehead atoms. The van der Waals surface area contributed by atoms with Crippen LogP contribution >= 0.6 is 0 Å². The van der Waals surface area contributed by atoms with Gasteiger partial charge in [0.2, 0.25) is 0 Å². The molecule has 0 radical (unpaired) electrons. The number of ketones is 1. The summed E-state index contributed by atoms with van der Waals surface area (Å²) in [6.45, 7) is 1.92. The second-order valence-corrected chi connectivity index (χ2v) is 7.82. The van der Waals surface area contributed by atoms with Gasteiger partial charge < -0.3 is 0 Å². The largest absolute Gasteiger partial charge is 0.294 e. The van der Waals surface area contributed by atoms with Crippen LogP contribution in [0.4, 0.5) is 0 Å². The van der Waals surface area contributed by atoms with Crippen LogP contribution in [-0.2, 0) is 9.84 Å². The molecule has 0 amide bonds. The van der Waals surface area contributed by atoms with Crippen molar-refractivity contribution in [2.75, 3.05) is 6.26 Å². The predicted octanol–water partition coefficient (Wildman–Crippen LogP) is 2.78. The minimum absolute atomic E-state index is 0.103. The molecule has 1 fully saturated rings. The molecule has 3 nitrogen and oxygen atoms in total. The molecule has 1 aromatic carbocycles. The van der Waals surface area contributed by atoms with Gasteiger partial charge in [-0.05, 0) is 31.7 Å². The van der Waals surface area contributed by atoms with Crippen molar-refractivity contribution < 1.29 is 13.2 Å². The standard InChI is InChI=1S/C15H20O3S/c1-11-6-3-4-9-14(11)15(16)12-7-5-8-13(10-12)19(2,17)18/h3-4,6,9,12-13H,5,7-8,10H2,1-2H3. The van der Waals surface area contributed by atoms with Crippen molar-refractivity contribution >= 4 is 15.6 Å². The van der Waals surface area contributed by atoms with Gasteiger partial charge in [-0.15, -0.1) is 0 Å². The smallest absolute Gasteiger partial charge is 0.166 e. The van der Waals surface area contributed by atoms with Crippen LogP contribution < -0.4 is 0 Å². The molecule has 2 unspecified atom stereocenters. The van der Waals surface area contributed by atoms with E-state index in [4.69, 9.17) is 0 Å². The van der Waals surface area contributed by atoms with E-state index in [0.29, 0.717) is 12.8 Å². The zero-order chi connectivity index (χ0) is 14.0. The van der Waals surface area contributed by atoms with Gasteiger partial charge >= 0.3 is 0 Å². The van der Waals surface area contributed by atoms with E-state index in [0.717, 1.165) is 24.0 Å². The summed E-state index contributed by atoms with van der Waals surface area (Å²) >= 11 is 0. The highest BCUT2D eigenvalue weighted by Gasteiger charge is 2.33.